The van der Waals surface area contributed by atoms with E-state index >= 15 is 0 Å². The van der Waals surface area contributed by atoms with Crippen molar-refractivity contribution in [2.45, 2.75) is 32.6 Å². The SMILES string of the molecule is C=CCOC[C@@H](COP(=O)(O)OP(=O)(O)OP(=O)(O)O)O[C@H](CC)n1cc(C)c(=O)[nH]c1=O. The molecule has 4 atom stereocenters. The van der Waals surface area contributed by atoms with E-state index in [9.17, 15) is 33.1 Å². The van der Waals surface area contributed by atoms with Gasteiger partial charge in [0.15, 0.2) is 0 Å². The number of aromatic amines is 1. The highest BCUT2D eigenvalue weighted by Gasteiger charge is 2.41. The lowest BCUT2D eigenvalue weighted by atomic mass is 10.3. The van der Waals surface area contributed by atoms with Gasteiger partial charge in [-0.3, -0.25) is 18.9 Å². The molecule has 19 heteroatoms. The Kier molecular flexibility index (Phi) is 11.2. The molecule has 1 rings (SSSR count). The third-order valence-corrected chi connectivity index (χ3v) is 7.34. The summed E-state index contributed by atoms with van der Waals surface area (Å²) in [7, 11) is -16.6. The van der Waals surface area contributed by atoms with Crippen LogP contribution in [0.5, 0.6) is 0 Å². The Hall–Kier alpha value is -1.25. The molecule has 16 nitrogen and oxygen atoms in total. The minimum Gasteiger partial charge on any atom is -0.375 e. The van der Waals surface area contributed by atoms with Crippen molar-refractivity contribution in [3.8, 4) is 0 Å². The average Bonchev–Trinajstić information content (AvgIpc) is 2.64. The molecule has 0 fully saturated rings. The molecule has 0 saturated heterocycles. The highest BCUT2D eigenvalue weighted by atomic mass is 31.3. The number of hydrogen-bond donors (Lipinski definition) is 5. The first-order chi connectivity index (χ1) is 15.1. The van der Waals surface area contributed by atoms with Gasteiger partial charge in [0.1, 0.15) is 12.3 Å². The summed E-state index contributed by atoms with van der Waals surface area (Å²) < 4.78 is 57.9. The van der Waals surface area contributed by atoms with Crippen LogP contribution in [0.25, 0.3) is 0 Å². The van der Waals surface area contributed by atoms with E-state index in [0.717, 1.165) is 4.57 Å². The lowest BCUT2D eigenvalue weighted by Crippen LogP contribution is -2.37. The summed E-state index contributed by atoms with van der Waals surface area (Å²) in [5.74, 6) is 0. The first-order valence-corrected chi connectivity index (χ1v) is 13.6. The summed E-state index contributed by atoms with van der Waals surface area (Å²) in [4.78, 5) is 61.8. The van der Waals surface area contributed by atoms with E-state index in [4.69, 9.17) is 19.3 Å². The van der Waals surface area contributed by atoms with Gasteiger partial charge in [-0.25, -0.2) is 18.5 Å². The van der Waals surface area contributed by atoms with Crippen LogP contribution in [0, 0.1) is 6.92 Å². The highest BCUT2D eigenvalue weighted by molar-refractivity contribution is 7.66. The van der Waals surface area contributed by atoms with Crippen molar-refractivity contribution >= 4 is 23.5 Å². The van der Waals surface area contributed by atoms with Gasteiger partial charge in [0.25, 0.3) is 5.56 Å². The van der Waals surface area contributed by atoms with Gasteiger partial charge in [-0.05, 0) is 13.3 Å². The van der Waals surface area contributed by atoms with Crippen LogP contribution in [-0.2, 0) is 36.3 Å². The summed E-state index contributed by atoms with van der Waals surface area (Å²) in [5, 5.41) is 0. The number of rotatable bonds is 15. The highest BCUT2D eigenvalue weighted by Crippen LogP contribution is 2.66. The zero-order valence-electron chi connectivity index (χ0n) is 17.5. The second-order valence-electron chi connectivity index (χ2n) is 6.31. The van der Waals surface area contributed by atoms with Gasteiger partial charge in [-0.2, -0.15) is 8.62 Å². The average molecular weight is 538 g/mol. The molecule has 190 valence electrons. The smallest absolute Gasteiger partial charge is 0.375 e. The first-order valence-electron chi connectivity index (χ1n) is 9.03. The number of ether oxygens (including phenoxy) is 2. The molecule has 1 aromatic heterocycles. The molecule has 0 aliphatic heterocycles. The third-order valence-electron chi connectivity index (χ3n) is 3.53. The monoisotopic (exact) mass is 538 g/mol. The zero-order valence-corrected chi connectivity index (χ0v) is 20.2. The Labute approximate surface area is 187 Å². The molecule has 0 aliphatic carbocycles. The Balaban J connectivity index is 3.00. The van der Waals surface area contributed by atoms with E-state index in [1.54, 1.807) is 6.92 Å². The Bertz CT molecular complexity index is 1060. The van der Waals surface area contributed by atoms with Crippen molar-refractivity contribution in [3.63, 3.8) is 0 Å². The predicted octanol–water partition coefficient (Wildman–Crippen LogP) is 0.685. The van der Waals surface area contributed by atoms with Crippen LogP contribution in [0.1, 0.15) is 25.1 Å². The van der Waals surface area contributed by atoms with Crippen LogP contribution in [0.2, 0.25) is 0 Å². The Morgan fingerprint density at radius 1 is 1.12 bits per heavy atom. The van der Waals surface area contributed by atoms with E-state index in [1.165, 1.54) is 19.2 Å². The number of phosphoric acid groups is 3. The van der Waals surface area contributed by atoms with Gasteiger partial charge in [0.2, 0.25) is 0 Å². The van der Waals surface area contributed by atoms with Crippen LogP contribution < -0.4 is 11.2 Å². The van der Waals surface area contributed by atoms with Crippen molar-refractivity contribution in [1.82, 2.24) is 9.55 Å². The topological polar surface area (TPSA) is 233 Å². The maximum Gasteiger partial charge on any atom is 0.490 e. The summed E-state index contributed by atoms with van der Waals surface area (Å²) in [6, 6.07) is 0. The van der Waals surface area contributed by atoms with Gasteiger partial charge >= 0.3 is 29.2 Å². The van der Waals surface area contributed by atoms with E-state index in [1.807, 2.05) is 0 Å². The molecule has 0 spiro atoms. The molecule has 0 amide bonds. The maximum absolute atomic E-state index is 12.1. The minimum absolute atomic E-state index is 0.0453. The zero-order chi connectivity index (χ0) is 25.4. The molecule has 0 aliphatic rings. The van der Waals surface area contributed by atoms with Crippen LogP contribution >= 0.6 is 23.5 Å². The summed E-state index contributed by atoms with van der Waals surface area (Å²) >= 11 is 0. The van der Waals surface area contributed by atoms with Crippen LogP contribution in [0.15, 0.2) is 28.4 Å². The van der Waals surface area contributed by atoms with Crippen molar-refractivity contribution in [3.05, 3.63) is 45.3 Å². The molecule has 33 heavy (non-hydrogen) atoms. The second-order valence-corrected chi connectivity index (χ2v) is 10.7. The van der Waals surface area contributed by atoms with Crippen LogP contribution in [-0.4, -0.2) is 55.0 Å². The molecule has 2 unspecified atom stereocenters. The number of nitrogens with zero attached hydrogens (tertiary/aromatic N) is 1. The van der Waals surface area contributed by atoms with E-state index in [2.05, 4.69) is 24.7 Å². The molecule has 0 aromatic carbocycles. The van der Waals surface area contributed by atoms with Gasteiger partial charge in [0, 0.05) is 11.8 Å². The molecule has 0 bridgehead atoms. The second kappa shape index (κ2) is 12.5. The first kappa shape index (κ1) is 29.8. The van der Waals surface area contributed by atoms with Crippen molar-refractivity contribution < 1.29 is 55.9 Å². The van der Waals surface area contributed by atoms with Crippen molar-refractivity contribution in [1.29, 1.82) is 0 Å². The molecule has 1 aromatic rings. The molecular weight excluding hydrogens is 513 g/mol. The van der Waals surface area contributed by atoms with Gasteiger partial charge in [0.05, 0.1) is 19.8 Å². The molecular formula is C14H25N2O14P3. The summed E-state index contributed by atoms with van der Waals surface area (Å²) in [6.45, 7) is 5.53. The Morgan fingerprint density at radius 2 is 1.76 bits per heavy atom. The lowest BCUT2D eigenvalue weighted by molar-refractivity contribution is -0.104. The van der Waals surface area contributed by atoms with E-state index in [-0.39, 0.29) is 25.2 Å². The Morgan fingerprint density at radius 3 is 2.30 bits per heavy atom. The van der Waals surface area contributed by atoms with E-state index in [0.29, 0.717) is 0 Å². The fourth-order valence-electron chi connectivity index (χ4n) is 2.27. The van der Waals surface area contributed by atoms with Gasteiger partial charge in [-0.1, -0.05) is 13.0 Å². The standard InChI is InChI=1S/C14H25N2O14P3/c1-4-6-26-8-11(9-27-32(22,23)30-33(24,25)29-31(19,20)21)28-12(5-2)16-7-10(3)13(17)15-14(16)18/h4,7,11-12H,1,5-6,8-9H2,2-3H3,(H,22,23)(H,24,25)(H,15,17,18)(H2,19,20,21)/t11-,12+/m0/s1. The van der Waals surface area contributed by atoms with E-state index < -0.39 is 53.7 Å². The molecule has 0 radical (unpaired) electrons. The normalized spacial score (nSPS) is 17.6. The third kappa shape index (κ3) is 11.1. The van der Waals surface area contributed by atoms with Crippen LogP contribution in [0.3, 0.4) is 0 Å². The van der Waals surface area contributed by atoms with Crippen molar-refractivity contribution in [2.75, 3.05) is 19.8 Å². The summed E-state index contributed by atoms with van der Waals surface area (Å²) in [6.07, 6.45) is 0.679. The predicted molar refractivity (Wildman–Crippen MR) is 111 cm³/mol. The summed E-state index contributed by atoms with van der Waals surface area (Å²) in [5.41, 5.74) is -1.16. The minimum atomic E-state index is -5.69. The maximum atomic E-state index is 12.1. The largest absolute Gasteiger partial charge is 0.490 e. The number of nitrogens with one attached hydrogen (secondary N) is 1. The molecule has 0 saturated carbocycles. The molecule has 1 heterocycles. The fraction of sp³-hybridized carbons (Fsp3) is 0.571. The molecule has 5 N–H and O–H groups in total. The number of phosphoric ester groups is 1. The van der Waals surface area contributed by atoms with Crippen LogP contribution in [0.4, 0.5) is 0 Å². The number of aryl methyl sites for hydroxylation is 1. The van der Waals surface area contributed by atoms with Crippen molar-refractivity contribution in [2.24, 2.45) is 0 Å². The number of H-pyrrole nitrogens is 1. The van der Waals surface area contributed by atoms with Gasteiger partial charge in [-0.15, -0.1) is 6.58 Å². The number of hydrogen-bond acceptors (Lipinski definition) is 10. The quantitative estimate of drug-likeness (QED) is 0.117. The fourth-order valence-corrected chi connectivity index (χ4v) is 5.32. The lowest BCUT2D eigenvalue weighted by Gasteiger charge is -2.26. The van der Waals surface area contributed by atoms with Gasteiger partial charge < -0.3 is 29.0 Å². The number of aromatic nitrogens is 2.